The smallest absolute Gasteiger partial charge is 0.254 e. The molecule has 1 aromatic carbocycles. The molecule has 0 fully saturated rings. The van der Waals surface area contributed by atoms with Crippen molar-refractivity contribution in [2.45, 2.75) is 19.8 Å². The third-order valence-corrected chi connectivity index (χ3v) is 3.01. The second kappa shape index (κ2) is 5.99. The zero-order valence-corrected chi connectivity index (χ0v) is 11.1. The first-order valence-corrected chi connectivity index (χ1v) is 6.06. The molecule has 0 spiro atoms. The van der Waals surface area contributed by atoms with Gasteiger partial charge in [-0.2, -0.15) is 0 Å². The van der Waals surface area contributed by atoms with Gasteiger partial charge in [-0.3, -0.25) is 4.79 Å². The van der Waals surface area contributed by atoms with Gasteiger partial charge in [-0.05, 0) is 40.5 Å². The monoisotopic (exact) mass is 287 g/mol. The summed E-state index contributed by atoms with van der Waals surface area (Å²) in [5.41, 5.74) is 0.500. The van der Waals surface area contributed by atoms with E-state index < -0.39 is 0 Å². The van der Waals surface area contributed by atoms with Crippen LogP contribution in [-0.4, -0.2) is 24.4 Å². The molecule has 0 aliphatic carbocycles. The highest BCUT2D eigenvalue weighted by Crippen LogP contribution is 2.19. The summed E-state index contributed by atoms with van der Waals surface area (Å²) in [6.07, 6.45) is 2.02. The molecule has 0 heterocycles. The average Bonchev–Trinajstić information content (AvgIpc) is 2.25. The maximum Gasteiger partial charge on any atom is 0.254 e. The molecule has 0 saturated heterocycles. The quantitative estimate of drug-likeness (QED) is 0.831. The van der Waals surface area contributed by atoms with Crippen LogP contribution in [0.1, 0.15) is 30.1 Å². The highest BCUT2D eigenvalue weighted by molar-refractivity contribution is 9.10. The Labute approximate surface area is 104 Å². The lowest BCUT2D eigenvalue weighted by molar-refractivity contribution is 0.0792. The van der Waals surface area contributed by atoms with Gasteiger partial charge in [0.05, 0.1) is 5.56 Å². The number of halogens is 2. The van der Waals surface area contributed by atoms with Crippen LogP contribution in [0.2, 0.25) is 0 Å². The van der Waals surface area contributed by atoms with E-state index in [0.29, 0.717) is 10.0 Å². The first-order chi connectivity index (χ1) is 7.56. The van der Waals surface area contributed by atoms with Crippen molar-refractivity contribution in [2.24, 2.45) is 0 Å². The van der Waals surface area contributed by atoms with E-state index in [0.717, 1.165) is 19.4 Å². The normalized spacial score (nSPS) is 10.2. The van der Waals surface area contributed by atoms with Crippen LogP contribution in [0.5, 0.6) is 0 Å². The molecular formula is C12H15BrFNO. The van der Waals surface area contributed by atoms with Crippen LogP contribution in [-0.2, 0) is 0 Å². The summed E-state index contributed by atoms with van der Waals surface area (Å²) < 4.78 is 13.4. The van der Waals surface area contributed by atoms with Crippen LogP contribution in [0.3, 0.4) is 0 Å². The number of amides is 1. The predicted molar refractivity (Wildman–Crippen MR) is 66.0 cm³/mol. The molecule has 0 atom stereocenters. The highest BCUT2D eigenvalue weighted by atomic mass is 79.9. The van der Waals surface area contributed by atoms with Gasteiger partial charge in [0.25, 0.3) is 5.91 Å². The zero-order valence-electron chi connectivity index (χ0n) is 9.46. The zero-order chi connectivity index (χ0) is 12.1. The van der Waals surface area contributed by atoms with E-state index in [2.05, 4.69) is 22.9 Å². The van der Waals surface area contributed by atoms with Crippen molar-refractivity contribution in [2.75, 3.05) is 13.6 Å². The van der Waals surface area contributed by atoms with E-state index in [-0.39, 0.29) is 11.7 Å². The molecule has 0 saturated carbocycles. The second-order valence-corrected chi connectivity index (χ2v) is 4.56. The van der Waals surface area contributed by atoms with E-state index in [1.54, 1.807) is 11.9 Å². The summed E-state index contributed by atoms with van der Waals surface area (Å²) in [4.78, 5) is 13.6. The van der Waals surface area contributed by atoms with Gasteiger partial charge in [-0.1, -0.05) is 13.3 Å². The van der Waals surface area contributed by atoms with Crippen LogP contribution >= 0.6 is 15.9 Å². The topological polar surface area (TPSA) is 20.3 Å². The molecule has 0 N–H and O–H groups in total. The Kier molecular flexibility index (Phi) is 4.93. The van der Waals surface area contributed by atoms with Gasteiger partial charge in [0.2, 0.25) is 0 Å². The lowest BCUT2D eigenvalue weighted by Crippen LogP contribution is -2.27. The molecule has 1 amide bonds. The second-order valence-electron chi connectivity index (χ2n) is 3.70. The summed E-state index contributed by atoms with van der Waals surface area (Å²) in [5, 5.41) is 0. The van der Waals surface area contributed by atoms with Crippen LogP contribution in [0, 0.1) is 5.82 Å². The van der Waals surface area contributed by atoms with Crippen molar-refractivity contribution in [1.82, 2.24) is 4.90 Å². The van der Waals surface area contributed by atoms with Gasteiger partial charge in [0, 0.05) is 18.1 Å². The Hall–Kier alpha value is -0.900. The van der Waals surface area contributed by atoms with E-state index in [4.69, 9.17) is 0 Å². The third kappa shape index (κ3) is 3.30. The summed E-state index contributed by atoms with van der Waals surface area (Å²) in [5.74, 6) is -0.431. The molecule has 16 heavy (non-hydrogen) atoms. The lowest BCUT2D eigenvalue weighted by Gasteiger charge is -2.17. The number of rotatable bonds is 4. The third-order valence-electron chi connectivity index (χ3n) is 2.36. The molecule has 1 aromatic rings. The molecular weight excluding hydrogens is 273 g/mol. The van der Waals surface area contributed by atoms with Gasteiger partial charge in [-0.25, -0.2) is 4.39 Å². The standard InChI is InChI=1S/C12H15BrFNO/c1-3-4-7-15(2)12(16)10-6-5-9(14)8-11(10)13/h5-6,8H,3-4,7H2,1-2H3. The molecule has 88 valence electrons. The fourth-order valence-corrected chi connectivity index (χ4v) is 1.89. The van der Waals surface area contributed by atoms with Crippen molar-refractivity contribution >= 4 is 21.8 Å². The minimum Gasteiger partial charge on any atom is -0.342 e. The molecule has 0 bridgehead atoms. The summed E-state index contributed by atoms with van der Waals surface area (Å²) in [6.45, 7) is 2.80. The van der Waals surface area contributed by atoms with Crippen molar-refractivity contribution in [3.63, 3.8) is 0 Å². The Morgan fingerprint density at radius 3 is 2.75 bits per heavy atom. The van der Waals surface area contributed by atoms with Crippen LogP contribution in [0.25, 0.3) is 0 Å². The van der Waals surface area contributed by atoms with E-state index in [9.17, 15) is 9.18 Å². The molecule has 0 aliphatic rings. The Morgan fingerprint density at radius 1 is 1.50 bits per heavy atom. The Balaban J connectivity index is 2.79. The van der Waals surface area contributed by atoms with Crippen LogP contribution < -0.4 is 0 Å². The first kappa shape index (κ1) is 13.2. The molecule has 0 unspecified atom stereocenters. The number of hydrogen-bond donors (Lipinski definition) is 0. The summed E-state index contributed by atoms with van der Waals surface area (Å²) in [6, 6.07) is 4.11. The van der Waals surface area contributed by atoms with Gasteiger partial charge < -0.3 is 4.90 Å². The number of nitrogens with zero attached hydrogens (tertiary/aromatic N) is 1. The minimum absolute atomic E-state index is 0.0830. The van der Waals surface area contributed by atoms with Gasteiger partial charge >= 0.3 is 0 Å². The number of benzene rings is 1. The summed E-state index contributed by atoms with van der Waals surface area (Å²) in [7, 11) is 1.76. The van der Waals surface area contributed by atoms with Crippen molar-refractivity contribution in [3.05, 3.63) is 34.1 Å². The largest absolute Gasteiger partial charge is 0.342 e. The molecule has 1 rings (SSSR count). The molecule has 2 nitrogen and oxygen atoms in total. The van der Waals surface area contributed by atoms with Crippen LogP contribution in [0.15, 0.2) is 22.7 Å². The van der Waals surface area contributed by atoms with Crippen molar-refractivity contribution in [1.29, 1.82) is 0 Å². The average molecular weight is 288 g/mol. The van der Waals surface area contributed by atoms with E-state index in [1.165, 1.54) is 18.2 Å². The molecule has 0 aliphatic heterocycles. The molecule has 0 radical (unpaired) electrons. The lowest BCUT2D eigenvalue weighted by atomic mass is 10.2. The SMILES string of the molecule is CCCCN(C)C(=O)c1ccc(F)cc1Br. The Bertz CT molecular complexity index is 381. The Morgan fingerprint density at radius 2 is 2.19 bits per heavy atom. The van der Waals surface area contributed by atoms with Crippen LogP contribution in [0.4, 0.5) is 4.39 Å². The highest BCUT2D eigenvalue weighted by Gasteiger charge is 2.14. The number of unbranched alkanes of at least 4 members (excludes halogenated alkanes) is 1. The van der Waals surface area contributed by atoms with E-state index in [1.807, 2.05) is 0 Å². The van der Waals surface area contributed by atoms with Crippen molar-refractivity contribution in [3.8, 4) is 0 Å². The number of hydrogen-bond acceptors (Lipinski definition) is 1. The van der Waals surface area contributed by atoms with Gasteiger partial charge in [0.1, 0.15) is 5.82 Å². The molecule has 4 heteroatoms. The maximum atomic E-state index is 12.9. The first-order valence-electron chi connectivity index (χ1n) is 5.26. The van der Waals surface area contributed by atoms with Gasteiger partial charge in [-0.15, -0.1) is 0 Å². The van der Waals surface area contributed by atoms with E-state index >= 15 is 0 Å². The number of carbonyl (C=O) groups is 1. The maximum absolute atomic E-state index is 12.9. The van der Waals surface area contributed by atoms with Crippen molar-refractivity contribution < 1.29 is 9.18 Å². The predicted octanol–water partition coefficient (Wildman–Crippen LogP) is 3.46. The fraction of sp³-hybridized carbons (Fsp3) is 0.417. The number of carbonyl (C=O) groups excluding carboxylic acids is 1. The fourth-order valence-electron chi connectivity index (χ4n) is 1.37. The molecule has 0 aromatic heterocycles. The van der Waals surface area contributed by atoms with Gasteiger partial charge in [0.15, 0.2) is 0 Å². The summed E-state index contributed by atoms with van der Waals surface area (Å²) >= 11 is 3.20. The minimum atomic E-state index is -0.348.